The summed E-state index contributed by atoms with van der Waals surface area (Å²) in [6.45, 7) is 6.27. The summed E-state index contributed by atoms with van der Waals surface area (Å²) in [7, 11) is 0. The number of fused-ring (bicyclic) bond motifs is 4. The van der Waals surface area contributed by atoms with Gasteiger partial charge in [-0.25, -0.2) is 0 Å². The van der Waals surface area contributed by atoms with E-state index in [0.717, 1.165) is 46.6 Å². The van der Waals surface area contributed by atoms with Gasteiger partial charge in [-0.2, -0.15) is 0 Å². The third kappa shape index (κ3) is 2.68. The summed E-state index contributed by atoms with van der Waals surface area (Å²) in [5.41, 5.74) is 5.18. The molecule has 0 atom stereocenters. The fraction of sp³-hybridized carbons (Fsp3) is 0.190. The fourth-order valence-corrected chi connectivity index (χ4v) is 3.71. The number of aryl methyl sites for hydroxylation is 4. The molecule has 0 bridgehead atoms. The standard InChI is InChI=1S/C21H18BN5/c1-13-15-7-10-23-12-19(15)25-20(24-13)6-5-18-14(2)27-11-8-17-16(21(27)26-18)4-3-9-22-17/h3-4,7-12H,5-6H2,1-2H3. The maximum absolute atomic E-state index is 4.94. The summed E-state index contributed by atoms with van der Waals surface area (Å²) >= 11 is 0. The minimum atomic E-state index is 0.758. The summed E-state index contributed by atoms with van der Waals surface area (Å²) < 4.78 is 2.17. The van der Waals surface area contributed by atoms with Crippen molar-refractivity contribution in [2.75, 3.05) is 0 Å². The second-order valence-electron chi connectivity index (χ2n) is 6.86. The fourth-order valence-electron chi connectivity index (χ4n) is 3.71. The molecular formula is C21H18BN5. The van der Waals surface area contributed by atoms with Gasteiger partial charge in [-0.1, -0.05) is 0 Å². The zero-order valence-electron chi connectivity index (χ0n) is 15.3. The average Bonchev–Trinajstić information content (AvgIpc) is 3.03. The summed E-state index contributed by atoms with van der Waals surface area (Å²) in [5.74, 6) is 2.90. The van der Waals surface area contributed by atoms with Crippen LogP contribution in [0.25, 0.3) is 27.2 Å². The molecule has 0 radical (unpaired) electrons. The molecule has 5 aromatic rings. The van der Waals surface area contributed by atoms with Gasteiger partial charge in [0.15, 0.2) is 0 Å². The predicted molar refractivity (Wildman–Crippen MR) is 108 cm³/mol. The molecule has 5 nitrogen and oxygen atoms in total. The first kappa shape index (κ1) is 16.1. The Balaban J connectivity index is 1.52. The van der Waals surface area contributed by atoms with Crippen molar-refractivity contribution in [3.05, 3.63) is 71.7 Å². The van der Waals surface area contributed by atoms with E-state index in [9.17, 15) is 0 Å². The third-order valence-corrected chi connectivity index (χ3v) is 5.17. The molecule has 130 valence electrons. The van der Waals surface area contributed by atoms with Gasteiger partial charge in [0.1, 0.15) is 0 Å². The number of hydrogen-bond donors (Lipinski definition) is 0. The van der Waals surface area contributed by atoms with Crippen molar-refractivity contribution in [2.45, 2.75) is 26.7 Å². The van der Waals surface area contributed by atoms with E-state index in [1.807, 2.05) is 13.0 Å². The van der Waals surface area contributed by atoms with E-state index in [4.69, 9.17) is 4.98 Å². The molecular weight excluding hydrogens is 333 g/mol. The van der Waals surface area contributed by atoms with Gasteiger partial charge in [-0.3, -0.25) is 0 Å². The number of hydrogen-bond acceptors (Lipinski definition) is 4. The van der Waals surface area contributed by atoms with Crippen molar-refractivity contribution in [2.24, 2.45) is 0 Å². The molecule has 0 fully saturated rings. The van der Waals surface area contributed by atoms with Gasteiger partial charge in [0.2, 0.25) is 0 Å². The van der Waals surface area contributed by atoms with E-state index in [-0.39, 0.29) is 0 Å². The molecule has 0 aliphatic heterocycles. The Kier molecular flexibility index (Phi) is 3.71. The van der Waals surface area contributed by atoms with Gasteiger partial charge in [-0.15, -0.1) is 0 Å². The third-order valence-electron chi connectivity index (χ3n) is 5.17. The van der Waals surface area contributed by atoms with Gasteiger partial charge in [0, 0.05) is 6.20 Å². The molecule has 5 heterocycles. The quantitative estimate of drug-likeness (QED) is 0.499. The van der Waals surface area contributed by atoms with Crippen LogP contribution < -0.4 is 0 Å². The topological polar surface area (TPSA) is 56.0 Å². The van der Waals surface area contributed by atoms with Crippen LogP contribution in [0.15, 0.2) is 48.8 Å². The van der Waals surface area contributed by atoms with Crippen LogP contribution in [0, 0.1) is 13.8 Å². The van der Waals surface area contributed by atoms with Crippen LogP contribution >= 0.6 is 0 Å². The SMILES string of the molecule is Cc1nc(CCc2nc3c4cccbc4ccn3c2C)nc2cnccc12. The monoisotopic (exact) mass is 351 g/mol. The zero-order valence-corrected chi connectivity index (χ0v) is 15.3. The van der Waals surface area contributed by atoms with Crippen LogP contribution in [-0.2, 0) is 12.8 Å². The second kappa shape index (κ2) is 6.23. The Hall–Kier alpha value is -3.15. The maximum atomic E-state index is 4.94. The minimum absolute atomic E-state index is 0.758. The second-order valence-corrected chi connectivity index (χ2v) is 6.86. The normalized spacial score (nSPS) is 11.5. The van der Waals surface area contributed by atoms with Crippen molar-refractivity contribution < 1.29 is 0 Å². The molecule has 0 spiro atoms. The zero-order chi connectivity index (χ0) is 18.4. The Morgan fingerprint density at radius 2 is 1.93 bits per heavy atom. The van der Waals surface area contributed by atoms with Gasteiger partial charge < -0.3 is 0 Å². The summed E-state index contributed by atoms with van der Waals surface area (Å²) in [6, 6.07) is 8.30. The van der Waals surface area contributed by atoms with Crippen LogP contribution in [0.1, 0.15) is 22.9 Å². The molecule has 6 heteroatoms. The molecule has 0 aliphatic carbocycles. The van der Waals surface area contributed by atoms with E-state index in [1.54, 1.807) is 12.4 Å². The number of pyridine rings is 2. The van der Waals surface area contributed by atoms with Crippen LogP contribution in [-0.4, -0.2) is 31.2 Å². The molecule has 5 rings (SSSR count). The summed E-state index contributed by atoms with van der Waals surface area (Å²) in [4.78, 5) is 18.5. The van der Waals surface area contributed by atoms with Crippen LogP contribution in [0.5, 0.6) is 0 Å². The molecule has 0 unspecified atom stereocenters. The van der Waals surface area contributed by atoms with Crippen molar-refractivity contribution in [3.8, 4) is 0 Å². The van der Waals surface area contributed by atoms with E-state index in [1.165, 1.54) is 16.4 Å². The molecule has 0 N–H and O–H groups in total. The van der Waals surface area contributed by atoms with Crippen molar-refractivity contribution in [1.29, 1.82) is 0 Å². The number of aromatic nitrogens is 5. The first-order valence-corrected chi connectivity index (χ1v) is 9.13. The van der Waals surface area contributed by atoms with Crippen molar-refractivity contribution in [1.82, 2.24) is 24.3 Å². The molecule has 5 aromatic heterocycles. The summed E-state index contributed by atoms with van der Waals surface area (Å²) in [6.07, 6.45) is 7.26. The van der Waals surface area contributed by atoms with Crippen molar-refractivity contribution >= 4 is 34.1 Å². The number of rotatable bonds is 3. The van der Waals surface area contributed by atoms with Crippen LogP contribution in [0.4, 0.5) is 0 Å². The van der Waals surface area contributed by atoms with E-state index < -0.39 is 0 Å². The van der Waals surface area contributed by atoms with E-state index in [2.05, 4.69) is 63.5 Å². The Morgan fingerprint density at radius 3 is 2.85 bits per heavy atom. The first-order chi connectivity index (χ1) is 13.2. The molecule has 0 amide bonds. The van der Waals surface area contributed by atoms with Crippen molar-refractivity contribution in [3.63, 3.8) is 0 Å². The molecule has 27 heavy (non-hydrogen) atoms. The first-order valence-electron chi connectivity index (χ1n) is 9.13. The molecule has 0 aromatic carbocycles. The van der Waals surface area contributed by atoms with Gasteiger partial charge in [0.25, 0.3) is 0 Å². The van der Waals surface area contributed by atoms with Gasteiger partial charge in [-0.05, 0) is 0 Å². The van der Waals surface area contributed by atoms with Gasteiger partial charge >= 0.3 is 151 Å². The van der Waals surface area contributed by atoms with Crippen LogP contribution in [0.2, 0.25) is 0 Å². The Labute approximate surface area is 157 Å². The van der Waals surface area contributed by atoms with E-state index in [0.29, 0.717) is 0 Å². The predicted octanol–water partition coefficient (Wildman–Crippen LogP) is 3.57. The van der Waals surface area contributed by atoms with Crippen LogP contribution in [0.3, 0.4) is 0 Å². The number of imidazole rings is 1. The average molecular weight is 351 g/mol. The molecule has 0 saturated carbocycles. The Bertz CT molecular complexity index is 1310. The Morgan fingerprint density at radius 1 is 1.00 bits per heavy atom. The number of nitrogens with zero attached hydrogens (tertiary/aromatic N) is 5. The molecule has 0 aliphatic rings. The van der Waals surface area contributed by atoms with Gasteiger partial charge in [0.05, 0.1) is 0 Å². The van der Waals surface area contributed by atoms with E-state index >= 15 is 0 Å². The molecule has 0 saturated heterocycles. The summed E-state index contributed by atoms with van der Waals surface area (Å²) in [5, 5.41) is 3.45.